The Morgan fingerprint density at radius 2 is 1.90 bits per heavy atom. The molecule has 0 radical (unpaired) electrons. The normalized spacial score (nSPS) is 11.3. The Labute approximate surface area is 170 Å². The van der Waals surface area contributed by atoms with Gasteiger partial charge in [-0.15, -0.1) is 0 Å². The molecule has 2 aromatic rings. The van der Waals surface area contributed by atoms with E-state index in [0.29, 0.717) is 31.9 Å². The Kier molecular flexibility index (Phi) is 8.89. The van der Waals surface area contributed by atoms with Gasteiger partial charge in [-0.1, -0.05) is 18.2 Å². The van der Waals surface area contributed by atoms with Crippen molar-refractivity contribution in [3.63, 3.8) is 0 Å². The minimum absolute atomic E-state index is 0.00646. The maximum Gasteiger partial charge on any atom is 0.262 e. The number of fused-ring (bicyclic) bond motifs is 1. The number of carbonyl (C=O) groups excluding carboxylic acids is 2. The van der Waals surface area contributed by atoms with Crippen molar-refractivity contribution >= 4 is 28.8 Å². The molecule has 1 aromatic carbocycles. The van der Waals surface area contributed by atoms with Gasteiger partial charge in [0.1, 0.15) is 18.2 Å². The Balaban J connectivity index is 2.21. The fraction of sp³-hybridized carbons (Fsp3) is 0.381. The number of nitrogens with one attached hydrogen (secondary N) is 2. The number of methoxy groups -OCH3 is 2. The lowest BCUT2D eigenvalue weighted by molar-refractivity contribution is -0.121. The number of benzene rings is 1. The number of hydrogen-bond acceptors (Lipinski definition) is 5. The number of nitrogens with zero attached hydrogens (tertiary/aromatic N) is 2. The second-order valence-corrected chi connectivity index (χ2v) is 6.34. The van der Waals surface area contributed by atoms with E-state index in [9.17, 15) is 14.9 Å². The molecule has 0 unspecified atom stereocenters. The SMILES string of the molecule is COCCCNC(=O)Cn1cc(C=C(C#N)C(=O)NCCOC)c2ccccc21. The van der Waals surface area contributed by atoms with Crippen LogP contribution in [-0.4, -0.2) is 56.9 Å². The summed E-state index contributed by atoms with van der Waals surface area (Å²) >= 11 is 0. The molecule has 2 amide bonds. The smallest absolute Gasteiger partial charge is 0.262 e. The number of rotatable bonds is 11. The lowest BCUT2D eigenvalue weighted by atomic mass is 10.1. The van der Waals surface area contributed by atoms with E-state index in [2.05, 4.69) is 10.6 Å². The Hall–Kier alpha value is -3.15. The number of hydrogen-bond donors (Lipinski definition) is 2. The van der Waals surface area contributed by atoms with Gasteiger partial charge in [0.05, 0.1) is 6.61 Å². The van der Waals surface area contributed by atoms with Crippen LogP contribution in [0.5, 0.6) is 0 Å². The highest BCUT2D eigenvalue weighted by molar-refractivity contribution is 6.04. The van der Waals surface area contributed by atoms with Crippen LogP contribution in [0.15, 0.2) is 36.0 Å². The molecule has 1 heterocycles. The first kappa shape index (κ1) is 22.1. The second-order valence-electron chi connectivity index (χ2n) is 6.34. The fourth-order valence-corrected chi connectivity index (χ4v) is 2.84. The lowest BCUT2D eigenvalue weighted by Gasteiger charge is -2.07. The molecule has 2 rings (SSSR count). The average molecular weight is 398 g/mol. The molecule has 0 spiro atoms. The van der Waals surface area contributed by atoms with Crippen molar-refractivity contribution in [2.24, 2.45) is 0 Å². The highest BCUT2D eigenvalue weighted by Gasteiger charge is 2.13. The first-order chi connectivity index (χ1) is 14.1. The molecule has 2 N–H and O–H groups in total. The van der Waals surface area contributed by atoms with Crippen molar-refractivity contribution in [1.82, 2.24) is 15.2 Å². The van der Waals surface area contributed by atoms with Gasteiger partial charge in [0.25, 0.3) is 5.91 Å². The van der Waals surface area contributed by atoms with Crippen LogP contribution in [0, 0.1) is 11.3 Å². The van der Waals surface area contributed by atoms with Crippen LogP contribution >= 0.6 is 0 Å². The molecule has 0 atom stereocenters. The number of para-hydroxylation sites is 1. The highest BCUT2D eigenvalue weighted by atomic mass is 16.5. The summed E-state index contributed by atoms with van der Waals surface area (Å²) in [5.41, 5.74) is 1.54. The maximum atomic E-state index is 12.2. The van der Waals surface area contributed by atoms with Crippen LogP contribution in [0.3, 0.4) is 0 Å². The van der Waals surface area contributed by atoms with Crippen molar-refractivity contribution in [2.75, 3.05) is 40.5 Å². The minimum Gasteiger partial charge on any atom is -0.385 e. The third-order valence-electron chi connectivity index (χ3n) is 4.24. The summed E-state index contributed by atoms with van der Waals surface area (Å²) in [6, 6.07) is 9.49. The van der Waals surface area contributed by atoms with Crippen molar-refractivity contribution in [3.05, 3.63) is 41.6 Å². The minimum atomic E-state index is -0.461. The topological polar surface area (TPSA) is 105 Å². The summed E-state index contributed by atoms with van der Waals surface area (Å²) in [5.74, 6) is -0.576. The van der Waals surface area contributed by atoms with Crippen molar-refractivity contribution in [1.29, 1.82) is 5.26 Å². The molecule has 8 nitrogen and oxygen atoms in total. The van der Waals surface area contributed by atoms with E-state index in [0.717, 1.165) is 17.3 Å². The van der Waals surface area contributed by atoms with Gasteiger partial charge >= 0.3 is 0 Å². The summed E-state index contributed by atoms with van der Waals surface area (Å²) in [7, 11) is 3.16. The van der Waals surface area contributed by atoms with Crippen molar-refractivity contribution in [2.45, 2.75) is 13.0 Å². The standard InChI is InChI=1S/C21H26N4O4/c1-28-10-5-8-23-20(26)15-25-14-17(18-6-3-4-7-19(18)25)12-16(13-22)21(27)24-9-11-29-2/h3-4,6-7,12,14H,5,8-11,15H2,1-2H3,(H,23,26)(H,24,27). The van der Waals surface area contributed by atoms with Gasteiger partial charge in [-0.3, -0.25) is 9.59 Å². The van der Waals surface area contributed by atoms with Crippen LogP contribution in [0.1, 0.15) is 12.0 Å². The lowest BCUT2D eigenvalue weighted by Crippen LogP contribution is -2.28. The van der Waals surface area contributed by atoms with Gasteiger partial charge in [0.15, 0.2) is 0 Å². The molecule has 0 saturated carbocycles. The molecule has 0 aliphatic carbocycles. The van der Waals surface area contributed by atoms with Gasteiger partial charge < -0.3 is 24.7 Å². The first-order valence-corrected chi connectivity index (χ1v) is 9.33. The summed E-state index contributed by atoms with van der Waals surface area (Å²) < 4.78 is 11.7. The van der Waals surface area contributed by atoms with Crippen molar-refractivity contribution < 1.29 is 19.1 Å². The van der Waals surface area contributed by atoms with E-state index in [1.165, 1.54) is 13.2 Å². The zero-order valence-corrected chi connectivity index (χ0v) is 16.7. The summed E-state index contributed by atoms with van der Waals surface area (Å²) in [5, 5.41) is 15.7. The molecule has 29 heavy (non-hydrogen) atoms. The van der Waals surface area contributed by atoms with Gasteiger partial charge in [-0.05, 0) is 18.6 Å². The summed E-state index contributed by atoms with van der Waals surface area (Å²) in [6.45, 7) is 1.95. The van der Waals surface area contributed by atoms with Crippen LogP contribution in [0.25, 0.3) is 17.0 Å². The van der Waals surface area contributed by atoms with E-state index in [4.69, 9.17) is 9.47 Å². The quantitative estimate of drug-likeness (QED) is 0.339. The van der Waals surface area contributed by atoms with Gasteiger partial charge in [-0.2, -0.15) is 5.26 Å². The summed E-state index contributed by atoms with van der Waals surface area (Å²) in [6.07, 6.45) is 4.06. The summed E-state index contributed by atoms with van der Waals surface area (Å²) in [4.78, 5) is 24.5. The number of ether oxygens (including phenoxy) is 2. The molecule has 0 bridgehead atoms. The monoisotopic (exact) mass is 398 g/mol. The van der Waals surface area contributed by atoms with Crippen LogP contribution in [-0.2, 0) is 25.6 Å². The predicted molar refractivity (Wildman–Crippen MR) is 110 cm³/mol. The van der Waals surface area contributed by atoms with E-state index in [1.807, 2.05) is 34.9 Å². The van der Waals surface area contributed by atoms with Gasteiger partial charge in [0, 0.05) is 56.6 Å². The highest BCUT2D eigenvalue weighted by Crippen LogP contribution is 2.23. The first-order valence-electron chi connectivity index (χ1n) is 9.33. The van der Waals surface area contributed by atoms with Gasteiger partial charge in [-0.25, -0.2) is 0 Å². The fourth-order valence-electron chi connectivity index (χ4n) is 2.84. The molecule has 0 fully saturated rings. The zero-order chi connectivity index (χ0) is 21.1. The largest absolute Gasteiger partial charge is 0.385 e. The van der Waals surface area contributed by atoms with Crippen LogP contribution in [0.4, 0.5) is 0 Å². The molecule has 154 valence electrons. The third-order valence-corrected chi connectivity index (χ3v) is 4.24. The number of amides is 2. The van der Waals surface area contributed by atoms with E-state index in [1.54, 1.807) is 13.3 Å². The van der Waals surface area contributed by atoms with E-state index in [-0.39, 0.29) is 18.0 Å². The molecule has 1 aromatic heterocycles. The number of aromatic nitrogens is 1. The number of nitriles is 1. The molecular formula is C21H26N4O4. The molecular weight excluding hydrogens is 372 g/mol. The van der Waals surface area contributed by atoms with Crippen LogP contribution < -0.4 is 10.6 Å². The van der Waals surface area contributed by atoms with E-state index < -0.39 is 5.91 Å². The third kappa shape index (κ3) is 6.45. The van der Waals surface area contributed by atoms with Crippen molar-refractivity contribution in [3.8, 4) is 6.07 Å². The Bertz CT molecular complexity index is 911. The van der Waals surface area contributed by atoms with Crippen LogP contribution in [0.2, 0.25) is 0 Å². The molecule has 0 saturated heterocycles. The zero-order valence-electron chi connectivity index (χ0n) is 16.7. The Morgan fingerprint density at radius 3 is 2.62 bits per heavy atom. The van der Waals surface area contributed by atoms with Gasteiger partial charge in [0.2, 0.25) is 5.91 Å². The maximum absolute atomic E-state index is 12.2. The predicted octanol–water partition coefficient (Wildman–Crippen LogP) is 1.46. The van der Waals surface area contributed by atoms with E-state index >= 15 is 0 Å². The molecule has 0 aliphatic rings. The molecule has 0 aliphatic heterocycles. The average Bonchev–Trinajstić information content (AvgIpc) is 3.07. The second kappa shape index (κ2) is 11.6. The number of carbonyl (C=O) groups is 2. The molecule has 8 heteroatoms. The Morgan fingerprint density at radius 1 is 1.14 bits per heavy atom.